The summed E-state index contributed by atoms with van der Waals surface area (Å²) in [6.45, 7) is 2.78. The first kappa shape index (κ1) is 12.7. The van der Waals surface area contributed by atoms with Gasteiger partial charge in [0.1, 0.15) is 11.8 Å². The molecule has 1 heterocycles. The monoisotopic (exact) mass is 303 g/mol. The van der Waals surface area contributed by atoms with Gasteiger partial charge in [-0.25, -0.2) is 0 Å². The van der Waals surface area contributed by atoms with E-state index in [1.165, 1.54) is 5.56 Å². The number of hydrogen-bond donors (Lipinski definition) is 1. The highest BCUT2D eigenvalue weighted by atomic mass is 79.9. The Morgan fingerprint density at radius 3 is 2.72 bits per heavy atom. The average Bonchev–Trinajstić information content (AvgIpc) is 2.66. The van der Waals surface area contributed by atoms with Crippen molar-refractivity contribution in [2.24, 2.45) is 7.05 Å². The Kier molecular flexibility index (Phi) is 3.73. The number of aromatic nitrogens is 1. The minimum Gasteiger partial charge on any atom is -0.381 e. The predicted molar refractivity (Wildman–Crippen MR) is 76.3 cm³/mol. The van der Waals surface area contributed by atoms with Crippen LogP contribution in [0.3, 0.4) is 0 Å². The van der Waals surface area contributed by atoms with Gasteiger partial charge in [-0.05, 0) is 42.3 Å². The summed E-state index contributed by atoms with van der Waals surface area (Å²) in [4.78, 5) is 0. The first-order valence-corrected chi connectivity index (χ1v) is 6.44. The van der Waals surface area contributed by atoms with Crippen LogP contribution in [0, 0.1) is 18.3 Å². The van der Waals surface area contributed by atoms with E-state index in [9.17, 15) is 0 Å². The molecule has 2 rings (SSSR count). The van der Waals surface area contributed by atoms with Gasteiger partial charge in [0.25, 0.3) is 0 Å². The number of nitrogens with one attached hydrogen (secondary N) is 1. The molecule has 0 aliphatic carbocycles. The lowest BCUT2D eigenvalue weighted by molar-refractivity contribution is 0.902. The predicted octanol–water partition coefficient (Wildman–Crippen LogP) is 3.58. The van der Waals surface area contributed by atoms with Crippen molar-refractivity contribution in [3.63, 3.8) is 0 Å². The highest BCUT2D eigenvalue weighted by Crippen LogP contribution is 2.20. The molecule has 2 aromatic rings. The summed E-state index contributed by atoms with van der Waals surface area (Å²) in [5.74, 6) is 0. The minimum atomic E-state index is 0.678. The second-order valence-electron chi connectivity index (χ2n) is 4.33. The molecule has 0 saturated carbocycles. The summed E-state index contributed by atoms with van der Waals surface area (Å²) in [6.07, 6.45) is 1.97. The molecular weight excluding hydrogens is 290 g/mol. The third kappa shape index (κ3) is 2.93. The summed E-state index contributed by atoms with van der Waals surface area (Å²) in [5, 5.41) is 12.2. The second-order valence-corrected chi connectivity index (χ2v) is 5.24. The van der Waals surface area contributed by atoms with Crippen molar-refractivity contribution in [3.05, 3.63) is 51.8 Å². The SMILES string of the molecule is Cc1cc(Br)cc(NCc2cc(C#N)n(C)c2)c1. The molecule has 0 unspecified atom stereocenters. The van der Waals surface area contributed by atoms with Gasteiger partial charge < -0.3 is 9.88 Å². The molecule has 0 aliphatic heterocycles. The molecule has 1 aromatic heterocycles. The zero-order valence-corrected chi connectivity index (χ0v) is 12.0. The number of benzene rings is 1. The first-order chi connectivity index (χ1) is 8.58. The van der Waals surface area contributed by atoms with Crippen LogP contribution in [0.25, 0.3) is 0 Å². The second kappa shape index (κ2) is 5.28. The van der Waals surface area contributed by atoms with Crippen LogP contribution < -0.4 is 5.32 Å². The Hall–Kier alpha value is -1.73. The Morgan fingerprint density at radius 1 is 1.33 bits per heavy atom. The number of halogens is 1. The summed E-state index contributed by atoms with van der Waals surface area (Å²) in [6, 6.07) is 10.3. The van der Waals surface area contributed by atoms with Gasteiger partial charge in [0, 0.05) is 29.9 Å². The normalized spacial score (nSPS) is 10.1. The summed E-state index contributed by atoms with van der Waals surface area (Å²) < 4.78 is 2.90. The molecule has 92 valence electrons. The molecule has 1 N–H and O–H groups in total. The van der Waals surface area contributed by atoms with Crippen LogP contribution in [0.1, 0.15) is 16.8 Å². The van der Waals surface area contributed by atoms with E-state index in [2.05, 4.69) is 46.4 Å². The van der Waals surface area contributed by atoms with Crippen LogP contribution in [0.2, 0.25) is 0 Å². The molecule has 0 atom stereocenters. The lowest BCUT2D eigenvalue weighted by Gasteiger charge is -2.06. The standard InChI is InChI=1S/C14H14BrN3/c1-10-3-12(15)6-13(4-10)17-8-11-5-14(7-16)18(2)9-11/h3-6,9,17H,8H2,1-2H3. The maximum absolute atomic E-state index is 8.89. The molecule has 0 amide bonds. The van der Waals surface area contributed by atoms with Crippen LogP contribution in [0.15, 0.2) is 34.9 Å². The summed E-state index contributed by atoms with van der Waals surface area (Å²) >= 11 is 3.48. The third-order valence-corrected chi connectivity index (χ3v) is 3.17. The molecule has 0 spiro atoms. The fraction of sp³-hybridized carbons (Fsp3) is 0.214. The van der Waals surface area contributed by atoms with Crippen LogP contribution in [-0.2, 0) is 13.6 Å². The van der Waals surface area contributed by atoms with Crippen molar-refractivity contribution >= 4 is 21.6 Å². The van der Waals surface area contributed by atoms with Crippen LogP contribution in [-0.4, -0.2) is 4.57 Å². The first-order valence-electron chi connectivity index (χ1n) is 5.65. The van der Waals surface area contributed by atoms with Gasteiger partial charge in [-0.3, -0.25) is 0 Å². The van der Waals surface area contributed by atoms with Crippen molar-refractivity contribution in [2.75, 3.05) is 5.32 Å². The van der Waals surface area contributed by atoms with E-state index in [4.69, 9.17) is 5.26 Å². The number of nitrogens with zero attached hydrogens (tertiary/aromatic N) is 2. The van der Waals surface area contributed by atoms with Gasteiger partial charge in [-0.15, -0.1) is 0 Å². The summed E-state index contributed by atoms with van der Waals surface area (Å²) in [7, 11) is 1.88. The molecule has 0 radical (unpaired) electrons. The van der Waals surface area contributed by atoms with Crippen molar-refractivity contribution in [1.29, 1.82) is 5.26 Å². The van der Waals surface area contributed by atoms with Gasteiger partial charge in [0.2, 0.25) is 0 Å². The molecular formula is C14H14BrN3. The highest BCUT2D eigenvalue weighted by molar-refractivity contribution is 9.10. The number of nitriles is 1. The molecule has 0 aliphatic rings. The largest absolute Gasteiger partial charge is 0.381 e. The Bertz CT molecular complexity index is 588. The molecule has 0 bridgehead atoms. The van der Waals surface area contributed by atoms with E-state index < -0.39 is 0 Å². The van der Waals surface area contributed by atoms with Gasteiger partial charge in [0.05, 0.1) is 0 Å². The van der Waals surface area contributed by atoms with Gasteiger partial charge >= 0.3 is 0 Å². The fourth-order valence-electron chi connectivity index (χ4n) is 1.88. The number of anilines is 1. The fourth-order valence-corrected chi connectivity index (χ4v) is 2.49. The molecule has 1 aromatic carbocycles. The quantitative estimate of drug-likeness (QED) is 0.941. The topological polar surface area (TPSA) is 40.8 Å². The Balaban J connectivity index is 2.09. The Labute approximate surface area is 115 Å². The number of aryl methyl sites for hydroxylation is 2. The smallest absolute Gasteiger partial charge is 0.120 e. The Morgan fingerprint density at radius 2 is 2.11 bits per heavy atom. The zero-order chi connectivity index (χ0) is 13.1. The van der Waals surface area contributed by atoms with Gasteiger partial charge in [0.15, 0.2) is 0 Å². The van der Waals surface area contributed by atoms with Gasteiger partial charge in [-0.2, -0.15) is 5.26 Å². The zero-order valence-electron chi connectivity index (χ0n) is 10.4. The molecule has 18 heavy (non-hydrogen) atoms. The van der Waals surface area contributed by atoms with Gasteiger partial charge in [-0.1, -0.05) is 15.9 Å². The number of rotatable bonds is 3. The minimum absolute atomic E-state index is 0.678. The maximum Gasteiger partial charge on any atom is 0.120 e. The highest BCUT2D eigenvalue weighted by Gasteiger charge is 2.02. The van der Waals surface area contributed by atoms with Crippen LogP contribution in [0.4, 0.5) is 5.69 Å². The van der Waals surface area contributed by atoms with Crippen molar-refractivity contribution in [1.82, 2.24) is 4.57 Å². The van der Waals surface area contributed by atoms with E-state index in [0.29, 0.717) is 12.2 Å². The van der Waals surface area contributed by atoms with E-state index in [0.717, 1.165) is 15.7 Å². The maximum atomic E-state index is 8.89. The van der Waals surface area contributed by atoms with E-state index >= 15 is 0 Å². The molecule has 3 nitrogen and oxygen atoms in total. The van der Waals surface area contributed by atoms with Crippen molar-refractivity contribution in [3.8, 4) is 6.07 Å². The van der Waals surface area contributed by atoms with Crippen molar-refractivity contribution < 1.29 is 0 Å². The lowest BCUT2D eigenvalue weighted by atomic mass is 10.2. The van der Waals surface area contributed by atoms with E-state index in [-0.39, 0.29) is 0 Å². The van der Waals surface area contributed by atoms with Crippen molar-refractivity contribution in [2.45, 2.75) is 13.5 Å². The van der Waals surface area contributed by atoms with E-state index in [1.807, 2.05) is 29.9 Å². The average molecular weight is 304 g/mol. The summed E-state index contributed by atoms with van der Waals surface area (Å²) in [5.41, 5.74) is 4.06. The van der Waals surface area contributed by atoms with Crippen LogP contribution in [0.5, 0.6) is 0 Å². The third-order valence-electron chi connectivity index (χ3n) is 2.71. The van der Waals surface area contributed by atoms with Crippen LogP contribution >= 0.6 is 15.9 Å². The number of hydrogen-bond acceptors (Lipinski definition) is 2. The van der Waals surface area contributed by atoms with E-state index in [1.54, 1.807) is 0 Å². The molecule has 4 heteroatoms. The lowest BCUT2D eigenvalue weighted by Crippen LogP contribution is -1.98. The molecule has 0 saturated heterocycles. The molecule has 0 fully saturated rings.